The summed E-state index contributed by atoms with van der Waals surface area (Å²) in [6, 6.07) is 13.9. The van der Waals surface area contributed by atoms with Crippen molar-refractivity contribution in [2.45, 2.75) is 20.5 Å². The minimum Gasteiger partial charge on any atom is -0.489 e. The highest BCUT2D eigenvalue weighted by molar-refractivity contribution is 5.41. The summed E-state index contributed by atoms with van der Waals surface area (Å²) in [6.07, 6.45) is 0. The lowest BCUT2D eigenvalue weighted by Gasteiger charge is -2.11. The van der Waals surface area contributed by atoms with E-state index in [0.717, 1.165) is 17.0 Å². The zero-order chi connectivity index (χ0) is 12.3. The summed E-state index contributed by atoms with van der Waals surface area (Å²) in [5.74, 6) is 0.937. The Morgan fingerprint density at radius 1 is 1.06 bits per heavy atom. The van der Waals surface area contributed by atoms with Crippen molar-refractivity contribution in [2.75, 3.05) is 5.73 Å². The molecule has 2 aromatic rings. The van der Waals surface area contributed by atoms with Gasteiger partial charge >= 0.3 is 0 Å². The maximum atomic E-state index is 5.80. The molecule has 0 aliphatic heterocycles. The van der Waals surface area contributed by atoms with E-state index in [1.165, 1.54) is 11.1 Å². The number of hydrogen-bond donors (Lipinski definition) is 1. The Morgan fingerprint density at radius 2 is 1.82 bits per heavy atom. The Morgan fingerprint density at radius 3 is 2.59 bits per heavy atom. The molecule has 0 aliphatic rings. The molecule has 0 unspecified atom stereocenters. The van der Waals surface area contributed by atoms with Crippen LogP contribution >= 0.6 is 0 Å². The van der Waals surface area contributed by atoms with Crippen molar-refractivity contribution >= 4 is 5.69 Å². The van der Waals surface area contributed by atoms with Crippen LogP contribution in [0, 0.1) is 13.8 Å². The van der Waals surface area contributed by atoms with Crippen LogP contribution in [0.2, 0.25) is 0 Å². The van der Waals surface area contributed by atoms with Crippen molar-refractivity contribution in [3.8, 4) is 5.75 Å². The molecule has 0 bridgehead atoms. The highest BCUT2D eigenvalue weighted by Gasteiger charge is 2.02. The van der Waals surface area contributed by atoms with E-state index >= 15 is 0 Å². The van der Waals surface area contributed by atoms with Crippen LogP contribution in [0.15, 0.2) is 42.5 Å². The second-order valence-corrected chi connectivity index (χ2v) is 4.23. The van der Waals surface area contributed by atoms with Gasteiger partial charge in [-0.2, -0.15) is 0 Å². The number of ether oxygens (including phenoxy) is 1. The molecule has 0 saturated carbocycles. The van der Waals surface area contributed by atoms with Crippen LogP contribution < -0.4 is 10.5 Å². The van der Waals surface area contributed by atoms with Crippen LogP contribution in [-0.4, -0.2) is 0 Å². The van der Waals surface area contributed by atoms with E-state index in [9.17, 15) is 0 Å². The molecule has 0 aliphatic carbocycles. The summed E-state index contributed by atoms with van der Waals surface area (Å²) in [6.45, 7) is 4.71. The zero-order valence-electron chi connectivity index (χ0n) is 10.2. The molecule has 2 heteroatoms. The number of anilines is 1. The molecule has 0 saturated heterocycles. The van der Waals surface area contributed by atoms with Crippen LogP contribution in [0.4, 0.5) is 5.69 Å². The van der Waals surface area contributed by atoms with Gasteiger partial charge < -0.3 is 10.5 Å². The van der Waals surface area contributed by atoms with Gasteiger partial charge in [-0.15, -0.1) is 0 Å². The van der Waals surface area contributed by atoms with Crippen molar-refractivity contribution in [3.63, 3.8) is 0 Å². The Bertz CT molecular complexity index is 520. The molecular formula is C15H17NO. The van der Waals surface area contributed by atoms with Crippen molar-refractivity contribution in [3.05, 3.63) is 59.2 Å². The third-order valence-electron chi connectivity index (χ3n) is 2.90. The minimum absolute atomic E-state index is 0.551. The summed E-state index contributed by atoms with van der Waals surface area (Å²) in [5.41, 5.74) is 10.0. The standard InChI is InChI=1S/C15H17NO/c1-11-5-3-8-15(12(11)2)17-10-13-6-4-7-14(16)9-13/h3-9H,10,16H2,1-2H3. The lowest BCUT2D eigenvalue weighted by atomic mass is 10.1. The molecule has 0 atom stereocenters. The number of nitrogen functional groups attached to an aromatic ring is 1. The summed E-state index contributed by atoms with van der Waals surface area (Å²) < 4.78 is 5.80. The summed E-state index contributed by atoms with van der Waals surface area (Å²) in [7, 11) is 0. The van der Waals surface area contributed by atoms with E-state index in [-0.39, 0.29) is 0 Å². The van der Waals surface area contributed by atoms with Crippen LogP contribution in [-0.2, 0) is 6.61 Å². The van der Waals surface area contributed by atoms with E-state index in [4.69, 9.17) is 10.5 Å². The third kappa shape index (κ3) is 2.78. The third-order valence-corrected chi connectivity index (χ3v) is 2.90. The van der Waals surface area contributed by atoms with Gasteiger partial charge in [0.2, 0.25) is 0 Å². The fourth-order valence-electron chi connectivity index (χ4n) is 1.72. The Kier molecular flexibility index (Phi) is 3.33. The fraction of sp³-hybridized carbons (Fsp3) is 0.200. The Balaban J connectivity index is 2.10. The van der Waals surface area contributed by atoms with Gasteiger partial charge in [0.25, 0.3) is 0 Å². The lowest BCUT2D eigenvalue weighted by molar-refractivity contribution is 0.304. The summed E-state index contributed by atoms with van der Waals surface area (Å²) in [4.78, 5) is 0. The first kappa shape index (κ1) is 11.5. The van der Waals surface area contributed by atoms with E-state index < -0.39 is 0 Å². The molecule has 0 aromatic heterocycles. The molecule has 0 spiro atoms. The van der Waals surface area contributed by atoms with Gasteiger partial charge in [0, 0.05) is 5.69 Å². The lowest BCUT2D eigenvalue weighted by Crippen LogP contribution is -1.98. The maximum absolute atomic E-state index is 5.80. The second-order valence-electron chi connectivity index (χ2n) is 4.23. The maximum Gasteiger partial charge on any atom is 0.122 e. The second kappa shape index (κ2) is 4.91. The summed E-state index contributed by atoms with van der Waals surface area (Å²) >= 11 is 0. The van der Waals surface area contributed by atoms with Gasteiger partial charge in [-0.05, 0) is 48.7 Å². The normalized spacial score (nSPS) is 10.2. The number of nitrogens with two attached hydrogens (primary N) is 1. The smallest absolute Gasteiger partial charge is 0.122 e. The first-order valence-electron chi connectivity index (χ1n) is 5.70. The van der Waals surface area contributed by atoms with Gasteiger partial charge in [0.1, 0.15) is 12.4 Å². The molecule has 88 valence electrons. The molecule has 2 aromatic carbocycles. The largest absolute Gasteiger partial charge is 0.489 e. The van der Waals surface area contributed by atoms with Crippen LogP contribution in [0.25, 0.3) is 0 Å². The number of aryl methyl sites for hydroxylation is 1. The van der Waals surface area contributed by atoms with Gasteiger partial charge in [0.15, 0.2) is 0 Å². The number of rotatable bonds is 3. The molecular weight excluding hydrogens is 210 g/mol. The number of benzene rings is 2. The van der Waals surface area contributed by atoms with Gasteiger partial charge in [0.05, 0.1) is 0 Å². The predicted molar refractivity (Wildman–Crippen MR) is 71.1 cm³/mol. The molecule has 2 nitrogen and oxygen atoms in total. The molecule has 0 fully saturated rings. The average Bonchev–Trinajstić information content (AvgIpc) is 2.31. The highest BCUT2D eigenvalue weighted by atomic mass is 16.5. The van der Waals surface area contributed by atoms with E-state index in [1.54, 1.807) is 0 Å². The molecule has 2 N–H and O–H groups in total. The van der Waals surface area contributed by atoms with Crippen molar-refractivity contribution < 1.29 is 4.74 Å². The molecule has 0 amide bonds. The summed E-state index contributed by atoms with van der Waals surface area (Å²) in [5, 5.41) is 0. The van der Waals surface area contributed by atoms with Crippen LogP contribution in [0.1, 0.15) is 16.7 Å². The molecule has 0 heterocycles. The van der Waals surface area contributed by atoms with Crippen LogP contribution in [0.5, 0.6) is 5.75 Å². The monoisotopic (exact) mass is 227 g/mol. The number of hydrogen-bond acceptors (Lipinski definition) is 2. The fourth-order valence-corrected chi connectivity index (χ4v) is 1.72. The Hall–Kier alpha value is -1.96. The van der Waals surface area contributed by atoms with E-state index in [0.29, 0.717) is 6.61 Å². The van der Waals surface area contributed by atoms with Gasteiger partial charge in [-0.3, -0.25) is 0 Å². The van der Waals surface area contributed by atoms with Gasteiger partial charge in [-0.25, -0.2) is 0 Å². The quantitative estimate of drug-likeness (QED) is 0.815. The van der Waals surface area contributed by atoms with Crippen molar-refractivity contribution in [2.24, 2.45) is 0 Å². The highest BCUT2D eigenvalue weighted by Crippen LogP contribution is 2.21. The van der Waals surface area contributed by atoms with Crippen LogP contribution in [0.3, 0.4) is 0 Å². The molecule has 17 heavy (non-hydrogen) atoms. The molecule has 0 radical (unpaired) electrons. The average molecular weight is 227 g/mol. The van der Waals surface area contributed by atoms with E-state index in [2.05, 4.69) is 19.9 Å². The van der Waals surface area contributed by atoms with Gasteiger partial charge in [-0.1, -0.05) is 24.3 Å². The topological polar surface area (TPSA) is 35.2 Å². The molecule has 2 rings (SSSR count). The first-order valence-corrected chi connectivity index (χ1v) is 5.70. The van der Waals surface area contributed by atoms with E-state index in [1.807, 2.05) is 36.4 Å². The minimum atomic E-state index is 0.551. The Labute approximate surface area is 102 Å². The van der Waals surface area contributed by atoms with Crippen molar-refractivity contribution in [1.29, 1.82) is 0 Å². The predicted octanol–water partition coefficient (Wildman–Crippen LogP) is 3.46. The SMILES string of the molecule is Cc1cccc(OCc2cccc(N)c2)c1C. The van der Waals surface area contributed by atoms with Crippen molar-refractivity contribution in [1.82, 2.24) is 0 Å². The first-order chi connectivity index (χ1) is 8.16. The zero-order valence-corrected chi connectivity index (χ0v) is 10.2.